The molecule has 1 aromatic heterocycles. The molecule has 1 saturated heterocycles. The third kappa shape index (κ3) is 3.02. The van der Waals surface area contributed by atoms with Gasteiger partial charge in [-0.05, 0) is 12.1 Å². The number of nitrogens with zero attached hydrogens (tertiary/aromatic N) is 2. The number of para-hydroxylation sites is 1. The summed E-state index contributed by atoms with van der Waals surface area (Å²) in [6, 6.07) is 7.95. The van der Waals surface area contributed by atoms with Crippen LogP contribution in [0.25, 0.3) is 17.0 Å². The van der Waals surface area contributed by atoms with Crippen molar-refractivity contribution in [2.24, 2.45) is 7.05 Å². The predicted molar refractivity (Wildman–Crippen MR) is 95.1 cm³/mol. The van der Waals surface area contributed by atoms with Crippen molar-refractivity contribution in [3.8, 4) is 0 Å². The van der Waals surface area contributed by atoms with Crippen LogP contribution in [0.4, 0.5) is 0 Å². The van der Waals surface area contributed by atoms with E-state index in [0.717, 1.165) is 16.5 Å². The number of hydrogen-bond donors (Lipinski definition) is 1. The van der Waals surface area contributed by atoms with Gasteiger partial charge in [0.1, 0.15) is 4.32 Å². The standard InChI is InChI=1S/C16H14N2O3S2/c1-17-9-10(11-4-2-3-5-12(11)17)8-13-15(21)18(16(22)23-13)7-6-14(19)20/h2-5,8-9H,6-7H2,1H3,(H,19,20). The van der Waals surface area contributed by atoms with Crippen molar-refractivity contribution in [2.45, 2.75) is 6.42 Å². The molecule has 0 unspecified atom stereocenters. The van der Waals surface area contributed by atoms with E-state index in [1.807, 2.05) is 48.2 Å². The number of aryl methyl sites for hydroxylation is 1. The number of carbonyl (C=O) groups is 2. The van der Waals surface area contributed by atoms with Gasteiger partial charge >= 0.3 is 5.97 Å². The van der Waals surface area contributed by atoms with Crippen LogP contribution < -0.4 is 0 Å². The largest absolute Gasteiger partial charge is 0.481 e. The van der Waals surface area contributed by atoms with Crippen LogP contribution in [0.2, 0.25) is 0 Å². The molecular weight excluding hydrogens is 332 g/mol. The molecule has 1 aliphatic heterocycles. The molecule has 1 amide bonds. The Bertz CT molecular complexity index is 854. The lowest BCUT2D eigenvalue weighted by atomic mass is 10.1. The minimum Gasteiger partial charge on any atom is -0.481 e. The van der Waals surface area contributed by atoms with Crippen LogP contribution in [0.15, 0.2) is 35.4 Å². The maximum absolute atomic E-state index is 12.4. The summed E-state index contributed by atoms with van der Waals surface area (Å²) in [6.45, 7) is 0.104. The molecule has 0 atom stereocenters. The highest BCUT2D eigenvalue weighted by molar-refractivity contribution is 8.26. The quantitative estimate of drug-likeness (QED) is 0.681. The van der Waals surface area contributed by atoms with Crippen molar-refractivity contribution in [3.05, 3.63) is 40.9 Å². The van der Waals surface area contributed by atoms with Gasteiger partial charge < -0.3 is 9.67 Å². The van der Waals surface area contributed by atoms with Crippen LogP contribution in [0.3, 0.4) is 0 Å². The number of carboxylic acid groups (broad SMARTS) is 1. The van der Waals surface area contributed by atoms with E-state index in [0.29, 0.717) is 9.23 Å². The molecule has 1 N–H and O–H groups in total. The molecule has 23 heavy (non-hydrogen) atoms. The van der Waals surface area contributed by atoms with Crippen LogP contribution in [-0.2, 0) is 16.6 Å². The highest BCUT2D eigenvalue weighted by Gasteiger charge is 2.32. The van der Waals surface area contributed by atoms with E-state index >= 15 is 0 Å². The van der Waals surface area contributed by atoms with Crippen molar-refractivity contribution in [3.63, 3.8) is 0 Å². The first-order chi connectivity index (χ1) is 11.0. The zero-order valence-corrected chi connectivity index (χ0v) is 14.0. The zero-order valence-electron chi connectivity index (χ0n) is 12.4. The number of amides is 1. The van der Waals surface area contributed by atoms with E-state index in [4.69, 9.17) is 17.3 Å². The Morgan fingerprint density at radius 1 is 1.39 bits per heavy atom. The number of fused-ring (bicyclic) bond motifs is 1. The van der Waals surface area contributed by atoms with Gasteiger partial charge in [-0.25, -0.2) is 0 Å². The number of carboxylic acids is 1. The maximum Gasteiger partial charge on any atom is 0.305 e. The molecule has 0 saturated carbocycles. The van der Waals surface area contributed by atoms with Gasteiger partial charge in [-0.15, -0.1) is 0 Å². The molecule has 2 aromatic rings. The average Bonchev–Trinajstić information content (AvgIpc) is 2.96. The summed E-state index contributed by atoms with van der Waals surface area (Å²) in [6.07, 6.45) is 3.67. The Balaban J connectivity index is 1.92. The average molecular weight is 346 g/mol. The molecule has 3 rings (SSSR count). The van der Waals surface area contributed by atoms with E-state index in [1.165, 1.54) is 16.7 Å². The lowest BCUT2D eigenvalue weighted by molar-refractivity contribution is -0.137. The Kier molecular flexibility index (Phi) is 4.23. The second-order valence-electron chi connectivity index (χ2n) is 5.19. The Morgan fingerprint density at radius 3 is 2.87 bits per heavy atom. The second-order valence-corrected chi connectivity index (χ2v) is 6.87. The number of aliphatic carboxylic acids is 1. The van der Waals surface area contributed by atoms with Gasteiger partial charge in [0.15, 0.2) is 0 Å². The molecule has 0 bridgehead atoms. The summed E-state index contributed by atoms with van der Waals surface area (Å²) in [5.41, 5.74) is 2.03. The number of rotatable bonds is 4. The Morgan fingerprint density at radius 2 is 2.13 bits per heavy atom. The van der Waals surface area contributed by atoms with Crippen molar-refractivity contribution in [1.29, 1.82) is 0 Å². The molecular formula is C16H14N2O3S2. The predicted octanol–water partition coefficient (Wildman–Crippen LogP) is 2.85. The van der Waals surface area contributed by atoms with E-state index in [9.17, 15) is 9.59 Å². The van der Waals surface area contributed by atoms with E-state index in [1.54, 1.807) is 0 Å². The van der Waals surface area contributed by atoms with Gasteiger partial charge in [0.25, 0.3) is 5.91 Å². The molecule has 118 valence electrons. The van der Waals surface area contributed by atoms with E-state index in [-0.39, 0.29) is 18.9 Å². The first-order valence-corrected chi connectivity index (χ1v) is 8.21. The molecule has 1 fully saturated rings. The topological polar surface area (TPSA) is 62.5 Å². The second kappa shape index (κ2) is 6.17. The molecule has 1 aromatic carbocycles. The highest BCUT2D eigenvalue weighted by atomic mass is 32.2. The fourth-order valence-electron chi connectivity index (χ4n) is 2.53. The van der Waals surface area contributed by atoms with Gasteiger partial charge in [-0.3, -0.25) is 14.5 Å². The monoisotopic (exact) mass is 346 g/mol. The molecule has 0 radical (unpaired) electrons. The number of aromatic nitrogens is 1. The number of carbonyl (C=O) groups excluding carboxylic acids is 1. The third-order valence-electron chi connectivity index (χ3n) is 3.64. The van der Waals surface area contributed by atoms with Gasteiger partial charge in [0.05, 0.1) is 11.3 Å². The minimum atomic E-state index is -0.947. The number of hydrogen-bond acceptors (Lipinski definition) is 4. The summed E-state index contributed by atoms with van der Waals surface area (Å²) in [5.74, 6) is -1.17. The van der Waals surface area contributed by atoms with Crippen LogP contribution in [-0.4, -0.2) is 37.3 Å². The molecule has 7 heteroatoms. The number of thiocarbonyl (C=S) groups is 1. The van der Waals surface area contributed by atoms with Crippen molar-refractivity contribution in [2.75, 3.05) is 6.54 Å². The Hall–Kier alpha value is -2.12. The lowest BCUT2D eigenvalue weighted by Crippen LogP contribution is -2.30. The van der Waals surface area contributed by atoms with Crippen LogP contribution in [0.1, 0.15) is 12.0 Å². The van der Waals surface area contributed by atoms with Gasteiger partial charge in [0.2, 0.25) is 0 Å². The van der Waals surface area contributed by atoms with Crippen molar-refractivity contribution in [1.82, 2.24) is 9.47 Å². The van der Waals surface area contributed by atoms with Crippen LogP contribution in [0.5, 0.6) is 0 Å². The number of benzene rings is 1. The molecule has 0 aliphatic carbocycles. The Labute approximate surface area is 142 Å². The van der Waals surface area contributed by atoms with Gasteiger partial charge in [-0.1, -0.05) is 42.2 Å². The minimum absolute atomic E-state index is 0.104. The molecule has 1 aliphatic rings. The first-order valence-electron chi connectivity index (χ1n) is 6.98. The molecule has 2 heterocycles. The maximum atomic E-state index is 12.4. The van der Waals surface area contributed by atoms with E-state index < -0.39 is 5.97 Å². The SMILES string of the molecule is Cn1cc(C=C2SC(=S)N(CCC(=O)O)C2=O)c2ccccc21. The normalized spacial score (nSPS) is 16.7. The third-order valence-corrected chi connectivity index (χ3v) is 5.02. The lowest BCUT2D eigenvalue weighted by Gasteiger charge is -2.12. The fourth-order valence-corrected chi connectivity index (χ4v) is 3.83. The summed E-state index contributed by atoms with van der Waals surface area (Å²) >= 11 is 6.41. The van der Waals surface area contributed by atoms with Crippen LogP contribution >= 0.6 is 24.0 Å². The number of thioether (sulfide) groups is 1. The van der Waals surface area contributed by atoms with Crippen molar-refractivity contribution >= 4 is 57.2 Å². The fraction of sp³-hybridized carbons (Fsp3) is 0.188. The van der Waals surface area contributed by atoms with Gasteiger partial charge in [-0.2, -0.15) is 0 Å². The molecule has 0 spiro atoms. The smallest absolute Gasteiger partial charge is 0.305 e. The summed E-state index contributed by atoms with van der Waals surface area (Å²) in [4.78, 5) is 25.0. The highest BCUT2D eigenvalue weighted by Crippen LogP contribution is 2.34. The van der Waals surface area contributed by atoms with Crippen molar-refractivity contribution < 1.29 is 14.7 Å². The summed E-state index contributed by atoms with van der Waals surface area (Å²) < 4.78 is 2.41. The van der Waals surface area contributed by atoms with Gasteiger partial charge in [0, 0.05) is 36.3 Å². The summed E-state index contributed by atoms with van der Waals surface area (Å²) in [5, 5.41) is 9.82. The first kappa shape index (κ1) is 15.8. The van der Waals surface area contributed by atoms with E-state index in [2.05, 4.69) is 0 Å². The van der Waals surface area contributed by atoms with Crippen LogP contribution in [0, 0.1) is 0 Å². The molecule has 5 nitrogen and oxygen atoms in total. The summed E-state index contributed by atoms with van der Waals surface area (Å²) in [7, 11) is 1.96. The zero-order chi connectivity index (χ0) is 16.6.